The fraction of sp³-hybridized carbons (Fsp3) is 0.600. The zero-order chi connectivity index (χ0) is 10.8. The molecule has 1 saturated heterocycles. The van der Waals surface area contributed by atoms with E-state index in [-0.39, 0.29) is 12.4 Å². The van der Waals surface area contributed by atoms with E-state index in [9.17, 15) is 0 Å². The van der Waals surface area contributed by atoms with Crippen molar-refractivity contribution >= 4 is 12.4 Å². The lowest BCUT2D eigenvalue weighted by molar-refractivity contribution is 0.440. The van der Waals surface area contributed by atoms with Crippen LogP contribution in [0.15, 0.2) is 24.3 Å². The predicted molar refractivity (Wildman–Crippen MR) is 75.1 cm³/mol. The third kappa shape index (κ3) is 2.83. The summed E-state index contributed by atoms with van der Waals surface area (Å²) in [6.45, 7) is 2.34. The Kier molecular flexibility index (Phi) is 4.47. The number of rotatable bonds is 2. The maximum atomic E-state index is 3.34. The molecule has 1 N–H and O–H groups in total. The standard InChI is InChI=1S/C15H21N.ClH/c1-2-4-12(5-3-1)13-6-8-14(9-7-13)15-10-16-11-15;/h6-9,12,15-16H,1-5,10-11H2;1H. The van der Waals surface area contributed by atoms with E-state index >= 15 is 0 Å². The van der Waals surface area contributed by atoms with Crippen LogP contribution in [0.2, 0.25) is 0 Å². The van der Waals surface area contributed by atoms with Crippen LogP contribution in [0.1, 0.15) is 55.1 Å². The van der Waals surface area contributed by atoms with Gasteiger partial charge in [0.25, 0.3) is 0 Å². The number of nitrogens with one attached hydrogen (secondary N) is 1. The number of hydrogen-bond acceptors (Lipinski definition) is 1. The molecule has 1 nitrogen and oxygen atoms in total. The number of halogens is 1. The molecule has 0 aromatic heterocycles. The molecule has 2 aliphatic rings. The molecule has 17 heavy (non-hydrogen) atoms. The first-order valence-electron chi connectivity index (χ1n) is 6.74. The Morgan fingerprint density at radius 2 is 1.29 bits per heavy atom. The highest BCUT2D eigenvalue weighted by atomic mass is 35.5. The summed E-state index contributed by atoms with van der Waals surface area (Å²) in [6, 6.07) is 9.47. The second-order valence-electron chi connectivity index (χ2n) is 5.36. The summed E-state index contributed by atoms with van der Waals surface area (Å²) in [4.78, 5) is 0. The van der Waals surface area contributed by atoms with Crippen LogP contribution in [-0.2, 0) is 0 Å². The Bertz CT molecular complexity index is 336. The van der Waals surface area contributed by atoms with Crippen LogP contribution in [0.4, 0.5) is 0 Å². The van der Waals surface area contributed by atoms with Gasteiger partial charge in [-0.3, -0.25) is 0 Å². The summed E-state index contributed by atoms with van der Waals surface area (Å²) in [5.74, 6) is 1.63. The Hall–Kier alpha value is -0.530. The second kappa shape index (κ2) is 5.88. The molecule has 1 heterocycles. The summed E-state index contributed by atoms with van der Waals surface area (Å²) in [5.41, 5.74) is 3.11. The lowest BCUT2D eigenvalue weighted by atomic mass is 9.83. The summed E-state index contributed by atoms with van der Waals surface area (Å²) < 4.78 is 0. The topological polar surface area (TPSA) is 12.0 Å². The maximum Gasteiger partial charge on any atom is 0.00885 e. The molecule has 94 valence electrons. The number of benzene rings is 1. The molecule has 2 fully saturated rings. The van der Waals surface area contributed by atoms with Crippen molar-refractivity contribution in [3.05, 3.63) is 35.4 Å². The lowest BCUT2D eigenvalue weighted by Crippen LogP contribution is -2.39. The van der Waals surface area contributed by atoms with E-state index in [2.05, 4.69) is 29.6 Å². The van der Waals surface area contributed by atoms with Crippen LogP contribution in [0.3, 0.4) is 0 Å². The highest BCUT2D eigenvalue weighted by Gasteiger charge is 2.19. The van der Waals surface area contributed by atoms with E-state index in [1.807, 2.05) is 0 Å². The van der Waals surface area contributed by atoms with Crippen molar-refractivity contribution in [3.8, 4) is 0 Å². The molecule has 2 heteroatoms. The molecule has 1 aliphatic heterocycles. The van der Waals surface area contributed by atoms with Gasteiger partial charge in [-0.05, 0) is 29.9 Å². The smallest absolute Gasteiger partial charge is 0.00885 e. The second-order valence-corrected chi connectivity index (χ2v) is 5.36. The third-order valence-electron chi connectivity index (χ3n) is 4.27. The van der Waals surface area contributed by atoms with Crippen molar-refractivity contribution in [1.29, 1.82) is 0 Å². The van der Waals surface area contributed by atoms with Crippen molar-refractivity contribution in [2.75, 3.05) is 13.1 Å². The van der Waals surface area contributed by atoms with Gasteiger partial charge in [0.05, 0.1) is 0 Å². The molecule has 1 aliphatic carbocycles. The first kappa shape index (κ1) is 12.9. The molecule has 0 unspecified atom stereocenters. The fourth-order valence-electron chi connectivity index (χ4n) is 3.00. The van der Waals surface area contributed by atoms with Gasteiger partial charge in [-0.1, -0.05) is 43.5 Å². The Morgan fingerprint density at radius 3 is 1.76 bits per heavy atom. The Labute approximate surface area is 110 Å². The number of hydrogen-bond donors (Lipinski definition) is 1. The summed E-state index contributed by atoms with van der Waals surface area (Å²) >= 11 is 0. The first-order chi connectivity index (χ1) is 7.93. The van der Waals surface area contributed by atoms with Gasteiger partial charge >= 0.3 is 0 Å². The van der Waals surface area contributed by atoms with Crippen LogP contribution in [0.25, 0.3) is 0 Å². The summed E-state index contributed by atoms with van der Waals surface area (Å²) in [7, 11) is 0. The minimum absolute atomic E-state index is 0. The van der Waals surface area contributed by atoms with Gasteiger partial charge < -0.3 is 5.32 Å². The average molecular weight is 252 g/mol. The molecular weight excluding hydrogens is 230 g/mol. The van der Waals surface area contributed by atoms with Gasteiger partial charge in [0, 0.05) is 19.0 Å². The van der Waals surface area contributed by atoms with Gasteiger partial charge in [-0.15, -0.1) is 12.4 Å². The zero-order valence-corrected chi connectivity index (χ0v) is 11.1. The Balaban J connectivity index is 0.00000108. The van der Waals surface area contributed by atoms with E-state index in [0.29, 0.717) is 0 Å². The molecule has 0 amide bonds. The minimum Gasteiger partial charge on any atom is -0.315 e. The average Bonchev–Trinajstić information content (AvgIpc) is 2.29. The molecule has 1 saturated carbocycles. The van der Waals surface area contributed by atoms with Crippen LogP contribution in [0.5, 0.6) is 0 Å². The molecule has 1 aromatic carbocycles. The molecule has 1 aromatic rings. The first-order valence-corrected chi connectivity index (χ1v) is 6.74. The van der Waals surface area contributed by atoms with E-state index in [1.165, 1.54) is 50.8 Å². The van der Waals surface area contributed by atoms with Crippen molar-refractivity contribution in [2.24, 2.45) is 0 Å². The minimum atomic E-state index is 0. The van der Waals surface area contributed by atoms with Crippen LogP contribution >= 0.6 is 12.4 Å². The quantitative estimate of drug-likeness (QED) is 0.842. The van der Waals surface area contributed by atoms with Gasteiger partial charge in [-0.25, -0.2) is 0 Å². The van der Waals surface area contributed by atoms with Crippen molar-refractivity contribution in [1.82, 2.24) is 5.32 Å². The van der Waals surface area contributed by atoms with Crippen molar-refractivity contribution in [3.63, 3.8) is 0 Å². The molecule has 0 bridgehead atoms. The highest BCUT2D eigenvalue weighted by Crippen LogP contribution is 2.33. The Morgan fingerprint density at radius 1 is 0.765 bits per heavy atom. The van der Waals surface area contributed by atoms with E-state index < -0.39 is 0 Å². The molecule has 0 atom stereocenters. The zero-order valence-electron chi connectivity index (χ0n) is 10.3. The largest absolute Gasteiger partial charge is 0.315 e. The van der Waals surface area contributed by atoms with Gasteiger partial charge in [0.2, 0.25) is 0 Å². The van der Waals surface area contributed by atoms with Gasteiger partial charge in [0.1, 0.15) is 0 Å². The normalized spacial score (nSPS) is 21.6. The maximum absolute atomic E-state index is 3.34. The molecule has 0 spiro atoms. The lowest BCUT2D eigenvalue weighted by Gasteiger charge is -2.28. The third-order valence-corrected chi connectivity index (χ3v) is 4.27. The van der Waals surface area contributed by atoms with Crippen molar-refractivity contribution < 1.29 is 0 Å². The van der Waals surface area contributed by atoms with Gasteiger partial charge in [-0.2, -0.15) is 0 Å². The van der Waals surface area contributed by atoms with Crippen LogP contribution in [-0.4, -0.2) is 13.1 Å². The summed E-state index contributed by atoms with van der Waals surface area (Å²) in [6.07, 6.45) is 7.12. The van der Waals surface area contributed by atoms with E-state index in [0.717, 1.165) is 11.8 Å². The summed E-state index contributed by atoms with van der Waals surface area (Å²) in [5, 5.41) is 3.34. The predicted octanol–water partition coefficient (Wildman–Crippen LogP) is 3.84. The van der Waals surface area contributed by atoms with Gasteiger partial charge in [0.15, 0.2) is 0 Å². The van der Waals surface area contributed by atoms with E-state index in [4.69, 9.17) is 0 Å². The van der Waals surface area contributed by atoms with E-state index in [1.54, 1.807) is 5.56 Å². The fourth-order valence-corrected chi connectivity index (χ4v) is 3.00. The van der Waals surface area contributed by atoms with Crippen LogP contribution in [0, 0.1) is 0 Å². The molecule has 0 radical (unpaired) electrons. The highest BCUT2D eigenvalue weighted by molar-refractivity contribution is 5.85. The monoisotopic (exact) mass is 251 g/mol. The molecular formula is C15H22ClN. The van der Waals surface area contributed by atoms with Crippen molar-refractivity contribution in [2.45, 2.75) is 43.9 Å². The SMILES string of the molecule is Cl.c1cc(C2CNC2)ccc1C1CCCCC1. The molecule has 3 rings (SSSR count). The van der Waals surface area contributed by atoms with Crippen LogP contribution < -0.4 is 5.32 Å².